The summed E-state index contributed by atoms with van der Waals surface area (Å²) in [5.41, 5.74) is 7.41. The Kier molecular flexibility index (Phi) is 4.66. The van der Waals surface area contributed by atoms with Crippen molar-refractivity contribution in [1.29, 1.82) is 5.26 Å². The Morgan fingerprint density at radius 2 is 2.05 bits per heavy atom. The number of hydrogen-bond acceptors (Lipinski definition) is 3. The molecule has 98 valence electrons. The molecule has 0 atom stereocenters. The molecule has 1 heterocycles. The van der Waals surface area contributed by atoms with Crippen molar-refractivity contribution in [3.8, 4) is 6.07 Å². The molecule has 0 bridgehead atoms. The SMILES string of the molecule is N#Cc1c(Br)nn(CCc2cc(Br)ccc2Br)c1N. The van der Waals surface area contributed by atoms with Crippen molar-refractivity contribution in [3.63, 3.8) is 0 Å². The van der Waals surface area contributed by atoms with Crippen LogP contribution in [0.1, 0.15) is 11.1 Å². The number of nitriles is 1. The van der Waals surface area contributed by atoms with Gasteiger partial charge in [-0.1, -0.05) is 31.9 Å². The number of halogens is 3. The Hall–Kier alpha value is -0.840. The highest BCUT2D eigenvalue weighted by atomic mass is 79.9. The van der Waals surface area contributed by atoms with Gasteiger partial charge in [0, 0.05) is 15.5 Å². The zero-order valence-corrected chi connectivity index (χ0v) is 14.5. The van der Waals surface area contributed by atoms with Gasteiger partial charge in [-0.15, -0.1) is 0 Å². The molecule has 19 heavy (non-hydrogen) atoms. The summed E-state index contributed by atoms with van der Waals surface area (Å²) in [5, 5.41) is 13.2. The van der Waals surface area contributed by atoms with Crippen molar-refractivity contribution < 1.29 is 0 Å². The molecule has 0 fully saturated rings. The van der Waals surface area contributed by atoms with Crippen molar-refractivity contribution in [1.82, 2.24) is 9.78 Å². The Bertz CT molecular complexity index is 658. The normalized spacial score (nSPS) is 10.4. The van der Waals surface area contributed by atoms with E-state index in [-0.39, 0.29) is 0 Å². The maximum Gasteiger partial charge on any atom is 0.148 e. The molecule has 0 aliphatic rings. The largest absolute Gasteiger partial charge is 0.383 e. The fourth-order valence-electron chi connectivity index (χ4n) is 1.68. The van der Waals surface area contributed by atoms with Crippen LogP contribution in [0.2, 0.25) is 0 Å². The number of hydrogen-bond donors (Lipinski definition) is 1. The van der Waals surface area contributed by atoms with Crippen molar-refractivity contribution in [2.24, 2.45) is 0 Å². The molecule has 2 aromatic rings. The van der Waals surface area contributed by atoms with Crippen LogP contribution in [0.25, 0.3) is 0 Å². The molecule has 0 unspecified atom stereocenters. The summed E-state index contributed by atoms with van der Waals surface area (Å²) in [4.78, 5) is 0. The molecule has 0 radical (unpaired) electrons. The van der Waals surface area contributed by atoms with Crippen molar-refractivity contribution in [3.05, 3.63) is 42.9 Å². The lowest BCUT2D eigenvalue weighted by Crippen LogP contribution is -2.07. The Labute approximate surface area is 136 Å². The quantitative estimate of drug-likeness (QED) is 0.775. The van der Waals surface area contributed by atoms with Gasteiger partial charge in [-0.3, -0.25) is 0 Å². The number of anilines is 1. The zero-order chi connectivity index (χ0) is 14.0. The number of rotatable bonds is 3. The molecule has 0 saturated carbocycles. The van der Waals surface area contributed by atoms with Crippen LogP contribution in [-0.4, -0.2) is 9.78 Å². The van der Waals surface area contributed by atoms with Gasteiger partial charge in [0.05, 0.1) is 0 Å². The maximum absolute atomic E-state index is 8.95. The van der Waals surface area contributed by atoms with Gasteiger partial charge in [-0.05, 0) is 46.1 Å². The van der Waals surface area contributed by atoms with Crippen LogP contribution >= 0.6 is 47.8 Å². The van der Waals surface area contributed by atoms with Crippen molar-refractivity contribution in [2.75, 3.05) is 5.73 Å². The third-order valence-electron chi connectivity index (χ3n) is 2.66. The Balaban J connectivity index is 2.20. The molecule has 2 N–H and O–H groups in total. The van der Waals surface area contributed by atoms with Gasteiger partial charge in [0.1, 0.15) is 22.1 Å². The molecule has 0 amide bonds. The topological polar surface area (TPSA) is 67.6 Å². The number of nitrogens with two attached hydrogens (primary N) is 1. The molecular weight excluding hydrogens is 440 g/mol. The summed E-state index contributed by atoms with van der Waals surface area (Å²) < 4.78 is 4.19. The van der Waals surface area contributed by atoms with Gasteiger partial charge in [0.25, 0.3) is 0 Å². The summed E-state index contributed by atoms with van der Waals surface area (Å²) in [6, 6.07) is 8.04. The molecule has 0 spiro atoms. The van der Waals surface area contributed by atoms with Crippen LogP contribution < -0.4 is 5.73 Å². The summed E-state index contributed by atoms with van der Waals surface area (Å²) in [5.74, 6) is 0.389. The standard InChI is InChI=1S/C12H9Br3N4/c13-8-1-2-10(14)7(5-8)3-4-19-12(17)9(6-16)11(15)18-19/h1-2,5H,3-4,17H2. The molecule has 0 aliphatic carbocycles. The minimum atomic E-state index is 0.383. The van der Waals surface area contributed by atoms with Crippen LogP contribution in [0.15, 0.2) is 31.7 Å². The molecule has 0 aliphatic heterocycles. The van der Waals surface area contributed by atoms with Crippen LogP contribution in [-0.2, 0) is 13.0 Å². The number of nitrogens with zero attached hydrogens (tertiary/aromatic N) is 3. The lowest BCUT2D eigenvalue weighted by Gasteiger charge is -2.07. The van der Waals surface area contributed by atoms with Crippen LogP contribution in [0.3, 0.4) is 0 Å². The lowest BCUT2D eigenvalue weighted by atomic mass is 10.1. The molecule has 1 aromatic heterocycles. The Morgan fingerprint density at radius 1 is 1.32 bits per heavy atom. The molecule has 2 rings (SSSR count). The first kappa shape index (κ1) is 14.6. The second kappa shape index (κ2) is 6.07. The van der Waals surface area contributed by atoms with Gasteiger partial charge >= 0.3 is 0 Å². The van der Waals surface area contributed by atoms with E-state index in [0.717, 1.165) is 20.9 Å². The van der Waals surface area contributed by atoms with Crippen LogP contribution in [0, 0.1) is 11.3 Å². The first-order valence-electron chi connectivity index (χ1n) is 5.38. The summed E-state index contributed by atoms with van der Waals surface area (Å²) >= 11 is 10.2. The van der Waals surface area contributed by atoms with Crippen molar-refractivity contribution in [2.45, 2.75) is 13.0 Å². The minimum Gasteiger partial charge on any atom is -0.383 e. The monoisotopic (exact) mass is 446 g/mol. The first-order chi connectivity index (χ1) is 9.02. The third kappa shape index (κ3) is 3.19. The van der Waals surface area contributed by atoms with E-state index < -0.39 is 0 Å². The van der Waals surface area contributed by atoms with E-state index in [1.54, 1.807) is 4.68 Å². The fourth-order valence-corrected chi connectivity index (χ4v) is 3.02. The van der Waals surface area contributed by atoms with Gasteiger partial charge in [-0.2, -0.15) is 10.4 Å². The van der Waals surface area contributed by atoms with E-state index in [1.165, 1.54) is 0 Å². The molecule has 1 aromatic carbocycles. The second-order valence-corrected chi connectivity index (χ2v) is 6.39. The van der Waals surface area contributed by atoms with Crippen LogP contribution in [0.5, 0.6) is 0 Å². The van der Waals surface area contributed by atoms with E-state index in [1.807, 2.05) is 24.3 Å². The Morgan fingerprint density at radius 3 is 2.68 bits per heavy atom. The molecule has 7 heteroatoms. The fraction of sp³-hybridized carbons (Fsp3) is 0.167. The lowest BCUT2D eigenvalue weighted by molar-refractivity contribution is 0.619. The predicted octanol–water partition coefficient (Wildman–Crippen LogP) is 3.87. The second-order valence-electron chi connectivity index (χ2n) is 3.87. The minimum absolute atomic E-state index is 0.383. The summed E-state index contributed by atoms with van der Waals surface area (Å²) in [6.45, 7) is 0.612. The van der Waals surface area contributed by atoms with Gasteiger partial charge in [0.15, 0.2) is 0 Å². The van der Waals surface area contributed by atoms with Gasteiger partial charge < -0.3 is 5.73 Å². The summed E-state index contributed by atoms with van der Waals surface area (Å²) in [7, 11) is 0. The number of aryl methyl sites for hydroxylation is 2. The smallest absolute Gasteiger partial charge is 0.148 e. The average molecular weight is 449 g/mol. The van der Waals surface area contributed by atoms with E-state index in [0.29, 0.717) is 22.5 Å². The van der Waals surface area contributed by atoms with E-state index in [9.17, 15) is 0 Å². The molecular formula is C12H9Br3N4. The van der Waals surface area contributed by atoms with E-state index in [2.05, 4.69) is 52.9 Å². The van der Waals surface area contributed by atoms with Gasteiger partial charge in [0.2, 0.25) is 0 Å². The summed E-state index contributed by atoms with van der Waals surface area (Å²) in [6.07, 6.45) is 0.767. The highest BCUT2D eigenvalue weighted by Crippen LogP contribution is 2.24. The predicted molar refractivity (Wildman–Crippen MR) is 84.6 cm³/mol. The van der Waals surface area contributed by atoms with E-state index in [4.69, 9.17) is 11.0 Å². The maximum atomic E-state index is 8.95. The molecule has 0 saturated heterocycles. The highest BCUT2D eigenvalue weighted by molar-refractivity contribution is 9.11. The van der Waals surface area contributed by atoms with E-state index >= 15 is 0 Å². The number of aromatic nitrogens is 2. The van der Waals surface area contributed by atoms with Gasteiger partial charge in [-0.25, -0.2) is 4.68 Å². The zero-order valence-electron chi connectivity index (χ0n) is 9.70. The third-order valence-corrected chi connectivity index (χ3v) is 4.48. The molecule has 4 nitrogen and oxygen atoms in total. The number of nitrogen functional groups attached to an aromatic ring is 1. The number of benzene rings is 1. The van der Waals surface area contributed by atoms with Crippen molar-refractivity contribution >= 4 is 53.6 Å². The van der Waals surface area contributed by atoms with Crippen LogP contribution in [0.4, 0.5) is 5.82 Å². The average Bonchev–Trinajstić information content (AvgIpc) is 2.65. The first-order valence-corrected chi connectivity index (χ1v) is 7.76. The highest BCUT2D eigenvalue weighted by Gasteiger charge is 2.13.